The molecular weight excluding hydrogens is 234 g/mol. The number of carbonyl (C=O) groups is 2. The summed E-state index contributed by atoms with van der Waals surface area (Å²) in [5.74, 6) is -1.07. The van der Waals surface area contributed by atoms with E-state index < -0.39 is 12.0 Å². The van der Waals surface area contributed by atoms with Gasteiger partial charge in [0.1, 0.15) is 11.8 Å². The van der Waals surface area contributed by atoms with Gasteiger partial charge in [-0.05, 0) is 37.1 Å². The second kappa shape index (κ2) is 5.64. The van der Waals surface area contributed by atoms with Crippen LogP contribution in [0.5, 0.6) is 5.75 Å². The molecule has 1 atom stereocenters. The van der Waals surface area contributed by atoms with Crippen LogP contribution in [-0.2, 0) is 4.79 Å². The van der Waals surface area contributed by atoms with E-state index in [1.54, 1.807) is 12.1 Å². The molecule has 1 aromatic carbocycles. The molecule has 0 fully saturated rings. The molecule has 0 saturated carbocycles. The number of rotatable bonds is 5. The summed E-state index contributed by atoms with van der Waals surface area (Å²) < 4.78 is 5.14. The van der Waals surface area contributed by atoms with Gasteiger partial charge in [-0.25, -0.2) is 0 Å². The number of aliphatic carboxylic acids is 1. The van der Waals surface area contributed by atoms with Crippen molar-refractivity contribution in [2.24, 2.45) is 5.73 Å². The van der Waals surface area contributed by atoms with Gasteiger partial charge in [0.2, 0.25) is 0 Å². The van der Waals surface area contributed by atoms with Crippen molar-refractivity contribution in [1.29, 1.82) is 0 Å². The zero-order valence-electron chi connectivity index (χ0n) is 10.7. The minimum absolute atomic E-state index is 0.242. The van der Waals surface area contributed by atoms with Crippen molar-refractivity contribution in [3.8, 4) is 5.75 Å². The van der Waals surface area contributed by atoms with Gasteiger partial charge in [-0.2, -0.15) is 0 Å². The van der Waals surface area contributed by atoms with Crippen LogP contribution in [-0.4, -0.2) is 30.0 Å². The fraction of sp³-hybridized carbons (Fsp3) is 0.385. The van der Waals surface area contributed by atoms with Crippen molar-refractivity contribution in [1.82, 2.24) is 0 Å². The second-order valence-electron chi connectivity index (χ2n) is 4.21. The maximum atomic E-state index is 12.0. The van der Waals surface area contributed by atoms with Gasteiger partial charge in [-0.3, -0.25) is 9.59 Å². The molecule has 1 aromatic rings. The number of hydrogen-bond acceptors (Lipinski definition) is 4. The predicted molar refractivity (Wildman–Crippen MR) is 67.0 cm³/mol. The summed E-state index contributed by atoms with van der Waals surface area (Å²) in [7, 11) is 1.47. The van der Waals surface area contributed by atoms with Crippen LogP contribution in [0, 0.1) is 13.8 Å². The molecule has 1 unspecified atom stereocenters. The summed E-state index contributed by atoms with van der Waals surface area (Å²) in [5.41, 5.74) is 7.68. The first-order chi connectivity index (χ1) is 8.36. The molecule has 0 aromatic heterocycles. The Hall–Kier alpha value is -1.88. The van der Waals surface area contributed by atoms with E-state index in [0.29, 0.717) is 11.3 Å². The maximum Gasteiger partial charge on any atom is 0.320 e. The molecule has 5 heteroatoms. The zero-order chi connectivity index (χ0) is 13.9. The van der Waals surface area contributed by atoms with Crippen LogP contribution < -0.4 is 10.5 Å². The SMILES string of the molecule is COc1cc(C)c(C)cc1C(=O)CC(N)C(=O)O. The molecule has 0 bridgehead atoms. The van der Waals surface area contributed by atoms with Crippen molar-refractivity contribution in [2.75, 3.05) is 7.11 Å². The van der Waals surface area contributed by atoms with Crippen molar-refractivity contribution in [3.63, 3.8) is 0 Å². The minimum atomic E-state index is -1.19. The molecule has 0 amide bonds. The van der Waals surface area contributed by atoms with E-state index in [1.807, 2.05) is 13.8 Å². The molecule has 3 N–H and O–H groups in total. The van der Waals surface area contributed by atoms with E-state index in [0.717, 1.165) is 11.1 Å². The number of methoxy groups -OCH3 is 1. The number of carbonyl (C=O) groups excluding carboxylic acids is 1. The van der Waals surface area contributed by atoms with Crippen molar-refractivity contribution in [3.05, 3.63) is 28.8 Å². The van der Waals surface area contributed by atoms with Crippen molar-refractivity contribution in [2.45, 2.75) is 26.3 Å². The first kappa shape index (κ1) is 14.2. The highest BCUT2D eigenvalue weighted by Gasteiger charge is 2.20. The van der Waals surface area contributed by atoms with Crippen LogP contribution in [0.15, 0.2) is 12.1 Å². The number of Topliss-reactive ketones (excluding diaryl/α,β-unsaturated/α-hetero) is 1. The number of aryl methyl sites for hydroxylation is 2. The summed E-state index contributed by atoms with van der Waals surface area (Å²) in [6.07, 6.45) is -0.242. The Balaban J connectivity index is 3.05. The number of benzene rings is 1. The molecule has 0 aliphatic carbocycles. The smallest absolute Gasteiger partial charge is 0.320 e. The van der Waals surface area contributed by atoms with Crippen LogP contribution in [0.25, 0.3) is 0 Å². The number of carboxylic acid groups (broad SMARTS) is 1. The molecule has 0 radical (unpaired) electrons. The van der Waals surface area contributed by atoms with E-state index in [4.69, 9.17) is 15.6 Å². The highest BCUT2D eigenvalue weighted by molar-refractivity contribution is 6.01. The number of carboxylic acids is 1. The number of hydrogen-bond donors (Lipinski definition) is 2. The summed E-state index contributed by atoms with van der Waals surface area (Å²) in [6.45, 7) is 3.79. The lowest BCUT2D eigenvalue weighted by Gasteiger charge is -2.12. The molecule has 18 heavy (non-hydrogen) atoms. The average Bonchev–Trinajstić information content (AvgIpc) is 2.31. The molecular formula is C13H17NO4. The highest BCUT2D eigenvalue weighted by atomic mass is 16.5. The molecule has 1 rings (SSSR count). The highest BCUT2D eigenvalue weighted by Crippen LogP contribution is 2.24. The fourth-order valence-corrected chi connectivity index (χ4v) is 1.57. The van der Waals surface area contributed by atoms with Gasteiger partial charge in [0.15, 0.2) is 5.78 Å². The van der Waals surface area contributed by atoms with Crippen molar-refractivity contribution >= 4 is 11.8 Å². The Morgan fingerprint density at radius 3 is 2.39 bits per heavy atom. The summed E-state index contributed by atoms with van der Waals surface area (Å²) in [6, 6.07) is 2.27. The molecule has 0 aliphatic heterocycles. The van der Waals surface area contributed by atoms with Crippen LogP contribution >= 0.6 is 0 Å². The largest absolute Gasteiger partial charge is 0.496 e. The van der Waals surface area contributed by atoms with Gasteiger partial charge < -0.3 is 15.6 Å². The summed E-state index contributed by atoms with van der Waals surface area (Å²) >= 11 is 0. The van der Waals surface area contributed by atoms with Crippen LogP contribution in [0.1, 0.15) is 27.9 Å². The number of ketones is 1. The lowest BCUT2D eigenvalue weighted by Crippen LogP contribution is -2.32. The lowest BCUT2D eigenvalue weighted by molar-refractivity contribution is -0.138. The van der Waals surface area contributed by atoms with E-state index in [1.165, 1.54) is 7.11 Å². The Labute approximate surface area is 106 Å². The third-order valence-corrected chi connectivity index (χ3v) is 2.84. The molecule has 5 nitrogen and oxygen atoms in total. The van der Waals surface area contributed by atoms with Gasteiger partial charge in [-0.1, -0.05) is 0 Å². The Bertz CT molecular complexity index is 482. The number of ether oxygens (including phenoxy) is 1. The fourth-order valence-electron chi connectivity index (χ4n) is 1.57. The van der Waals surface area contributed by atoms with E-state index in [9.17, 15) is 9.59 Å². The van der Waals surface area contributed by atoms with E-state index in [-0.39, 0.29) is 12.2 Å². The van der Waals surface area contributed by atoms with E-state index in [2.05, 4.69) is 0 Å². The molecule has 98 valence electrons. The number of nitrogens with two attached hydrogens (primary N) is 1. The minimum Gasteiger partial charge on any atom is -0.496 e. The Kier molecular flexibility index (Phi) is 4.44. The van der Waals surface area contributed by atoms with Gasteiger partial charge in [0, 0.05) is 6.42 Å². The quantitative estimate of drug-likeness (QED) is 0.770. The van der Waals surface area contributed by atoms with Crippen LogP contribution in [0.2, 0.25) is 0 Å². The third-order valence-electron chi connectivity index (χ3n) is 2.84. The zero-order valence-corrected chi connectivity index (χ0v) is 10.7. The maximum absolute atomic E-state index is 12.0. The lowest BCUT2D eigenvalue weighted by atomic mass is 9.98. The first-order valence-electron chi connectivity index (χ1n) is 5.53. The normalized spacial score (nSPS) is 12.0. The first-order valence-corrected chi connectivity index (χ1v) is 5.53. The third kappa shape index (κ3) is 3.07. The standard InChI is InChI=1S/C13H17NO4/c1-7-4-9(12(18-3)5-8(7)2)11(15)6-10(14)13(16)17/h4-5,10H,6,14H2,1-3H3,(H,16,17). The topological polar surface area (TPSA) is 89.6 Å². The summed E-state index contributed by atoms with van der Waals surface area (Å²) in [4.78, 5) is 22.6. The van der Waals surface area contributed by atoms with E-state index >= 15 is 0 Å². The van der Waals surface area contributed by atoms with Gasteiger partial charge >= 0.3 is 5.97 Å². The van der Waals surface area contributed by atoms with Crippen LogP contribution in [0.4, 0.5) is 0 Å². The van der Waals surface area contributed by atoms with Crippen molar-refractivity contribution < 1.29 is 19.4 Å². The van der Waals surface area contributed by atoms with Gasteiger partial charge in [-0.15, -0.1) is 0 Å². The molecule has 0 saturated heterocycles. The predicted octanol–water partition coefficient (Wildman–Crippen LogP) is 1.30. The average molecular weight is 251 g/mol. The van der Waals surface area contributed by atoms with Gasteiger partial charge in [0.25, 0.3) is 0 Å². The van der Waals surface area contributed by atoms with Gasteiger partial charge in [0.05, 0.1) is 12.7 Å². The second-order valence-corrected chi connectivity index (χ2v) is 4.21. The monoisotopic (exact) mass is 251 g/mol. The Morgan fingerprint density at radius 2 is 1.89 bits per heavy atom. The molecule has 0 spiro atoms. The Morgan fingerprint density at radius 1 is 1.33 bits per heavy atom. The summed E-state index contributed by atoms with van der Waals surface area (Å²) in [5, 5.41) is 8.69. The molecule has 0 aliphatic rings. The molecule has 0 heterocycles. The van der Waals surface area contributed by atoms with Crippen LogP contribution in [0.3, 0.4) is 0 Å².